The van der Waals surface area contributed by atoms with E-state index in [0.717, 1.165) is 22.0 Å². The number of rotatable bonds is 1. The molecule has 2 atom stereocenters. The van der Waals surface area contributed by atoms with Gasteiger partial charge in [-0.25, -0.2) is 4.98 Å². The van der Waals surface area contributed by atoms with Crippen molar-refractivity contribution in [3.8, 4) is 11.8 Å². The topological polar surface area (TPSA) is 95.8 Å². The molecule has 2 heterocycles. The first-order valence-corrected chi connectivity index (χ1v) is 8.48. The van der Waals surface area contributed by atoms with E-state index in [0.29, 0.717) is 22.2 Å². The van der Waals surface area contributed by atoms with Gasteiger partial charge in [0.1, 0.15) is 16.8 Å². The van der Waals surface area contributed by atoms with Gasteiger partial charge in [0.2, 0.25) is 5.90 Å². The molecule has 0 amide bonds. The fraction of sp³-hybridized carbons (Fsp3) is 0.150. The second-order valence-corrected chi connectivity index (χ2v) is 6.77. The van der Waals surface area contributed by atoms with Crippen LogP contribution < -0.4 is 10.5 Å². The average Bonchev–Trinajstić information content (AvgIpc) is 2.60. The van der Waals surface area contributed by atoms with Crippen LogP contribution in [0.5, 0.6) is 5.75 Å². The monoisotopic (exact) mass is 362 g/mol. The summed E-state index contributed by atoms with van der Waals surface area (Å²) in [5.41, 5.74) is 9.74. The maximum absolute atomic E-state index is 9.65. The Kier molecular flexibility index (Phi) is 3.78. The SMILES string of the molecule is Cc1ccc2cc(C3c4ccc(N)cc4OC(=N)C3C#N)c(Cl)nc2c1. The van der Waals surface area contributed by atoms with Crippen molar-refractivity contribution in [3.63, 3.8) is 0 Å². The number of anilines is 1. The van der Waals surface area contributed by atoms with Gasteiger partial charge in [-0.1, -0.05) is 29.8 Å². The van der Waals surface area contributed by atoms with Crippen molar-refractivity contribution in [1.82, 2.24) is 4.98 Å². The van der Waals surface area contributed by atoms with Gasteiger partial charge in [-0.2, -0.15) is 5.26 Å². The van der Waals surface area contributed by atoms with Crippen molar-refractivity contribution in [3.05, 3.63) is 64.3 Å². The van der Waals surface area contributed by atoms with E-state index in [1.807, 2.05) is 37.3 Å². The molecule has 1 aliphatic rings. The third-order valence-corrected chi connectivity index (χ3v) is 4.94. The van der Waals surface area contributed by atoms with Crippen molar-refractivity contribution in [2.75, 3.05) is 5.73 Å². The summed E-state index contributed by atoms with van der Waals surface area (Å²) >= 11 is 6.50. The third-order valence-electron chi connectivity index (χ3n) is 4.64. The number of nitrogens with zero attached hydrogens (tertiary/aromatic N) is 2. The Hall–Kier alpha value is -3.10. The highest BCUT2D eigenvalue weighted by molar-refractivity contribution is 6.30. The maximum Gasteiger partial charge on any atom is 0.205 e. The molecule has 0 saturated heterocycles. The van der Waals surface area contributed by atoms with Gasteiger partial charge in [-0.3, -0.25) is 5.41 Å². The Balaban J connectivity index is 1.97. The number of ether oxygens (including phenoxy) is 1. The van der Waals surface area contributed by atoms with Gasteiger partial charge in [0.15, 0.2) is 0 Å². The molecular formula is C20H15ClN4O. The number of nitrogen functional groups attached to an aromatic ring is 1. The van der Waals surface area contributed by atoms with Crippen LogP contribution in [0.25, 0.3) is 10.9 Å². The number of aromatic nitrogens is 1. The molecule has 4 rings (SSSR count). The number of halogens is 1. The molecule has 2 aromatic carbocycles. The number of nitrogens with one attached hydrogen (secondary N) is 1. The lowest BCUT2D eigenvalue weighted by atomic mass is 9.79. The molecule has 1 aliphatic heterocycles. The minimum atomic E-state index is -0.784. The highest BCUT2D eigenvalue weighted by atomic mass is 35.5. The fourth-order valence-corrected chi connectivity index (χ4v) is 3.64. The lowest BCUT2D eigenvalue weighted by Gasteiger charge is -2.30. The van der Waals surface area contributed by atoms with Crippen molar-refractivity contribution in [2.45, 2.75) is 12.8 Å². The van der Waals surface area contributed by atoms with Crippen LogP contribution in [0.1, 0.15) is 22.6 Å². The van der Waals surface area contributed by atoms with Crippen molar-refractivity contribution in [2.24, 2.45) is 5.92 Å². The van der Waals surface area contributed by atoms with E-state index in [1.165, 1.54) is 0 Å². The van der Waals surface area contributed by atoms with Gasteiger partial charge in [0, 0.05) is 28.6 Å². The van der Waals surface area contributed by atoms with Crippen LogP contribution in [0.4, 0.5) is 5.69 Å². The summed E-state index contributed by atoms with van der Waals surface area (Å²) in [5.74, 6) is -0.863. The lowest BCUT2D eigenvalue weighted by molar-refractivity contribution is 0.450. The maximum atomic E-state index is 9.65. The number of hydrogen-bond donors (Lipinski definition) is 2. The van der Waals surface area contributed by atoms with E-state index in [9.17, 15) is 5.26 Å². The van der Waals surface area contributed by atoms with Crippen LogP contribution in [0.15, 0.2) is 42.5 Å². The zero-order chi connectivity index (χ0) is 18.4. The van der Waals surface area contributed by atoms with E-state index < -0.39 is 11.8 Å². The van der Waals surface area contributed by atoms with Gasteiger partial charge in [0.25, 0.3) is 0 Å². The minimum absolute atomic E-state index is 0.115. The molecule has 0 spiro atoms. The number of pyridine rings is 1. The first-order chi connectivity index (χ1) is 12.5. The lowest BCUT2D eigenvalue weighted by Crippen LogP contribution is -2.31. The standard InChI is InChI=1S/C20H15ClN4O/c1-10-2-3-11-7-14(19(21)25-16(11)6-10)18-13-5-4-12(23)8-17(13)26-20(24)15(18)9-22/h2-8,15,18,24H,23H2,1H3. The number of aryl methyl sites for hydroxylation is 1. The highest BCUT2D eigenvalue weighted by Gasteiger charge is 2.38. The summed E-state index contributed by atoms with van der Waals surface area (Å²) in [6, 6.07) is 15.3. The molecule has 3 aromatic rings. The summed E-state index contributed by atoms with van der Waals surface area (Å²) in [4.78, 5) is 4.52. The van der Waals surface area contributed by atoms with Crippen LogP contribution in [-0.4, -0.2) is 10.9 Å². The predicted molar refractivity (Wildman–Crippen MR) is 102 cm³/mol. The molecule has 128 valence electrons. The first kappa shape index (κ1) is 16.4. The van der Waals surface area contributed by atoms with Crippen LogP contribution in [-0.2, 0) is 0 Å². The molecule has 26 heavy (non-hydrogen) atoms. The summed E-state index contributed by atoms with van der Waals surface area (Å²) in [5, 5.41) is 19.1. The second kappa shape index (κ2) is 6.01. The Morgan fingerprint density at radius 2 is 2.00 bits per heavy atom. The first-order valence-electron chi connectivity index (χ1n) is 8.10. The molecule has 0 fully saturated rings. The van der Waals surface area contributed by atoms with E-state index in [-0.39, 0.29) is 5.90 Å². The minimum Gasteiger partial charge on any atom is -0.442 e. The van der Waals surface area contributed by atoms with Crippen molar-refractivity contribution < 1.29 is 4.74 Å². The van der Waals surface area contributed by atoms with Gasteiger partial charge in [-0.05, 0) is 36.2 Å². The zero-order valence-electron chi connectivity index (χ0n) is 14.0. The van der Waals surface area contributed by atoms with Crippen LogP contribution in [0.2, 0.25) is 5.15 Å². The summed E-state index contributed by atoms with van der Waals surface area (Å²) < 4.78 is 5.53. The molecule has 0 aliphatic carbocycles. The average molecular weight is 363 g/mol. The van der Waals surface area contributed by atoms with Gasteiger partial charge >= 0.3 is 0 Å². The third kappa shape index (κ3) is 2.56. The zero-order valence-corrected chi connectivity index (χ0v) is 14.7. The fourth-order valence-electron chi connectivity index (χ4n) is 3.38. The largest absolute Gasteiger partial charge is 0.442 e. The van der Waals surface area contributed by atoms with E-state index in [4.69, 9.17) is 27.5 Å². The number of fused-ring (bicyclic) bond motifs is 2. The van der Waals surface area contributed by atoms with Gasteiger partial charge in [0.05, 0.1) is 11.6 Å². The summed E-state index contributed by atoms with van der Waals surface area (Å²) in [7, 11) is 0. The van der Waals surface area contributed by atoms with Gasteiger partial charge in [-0.15, -0.1) is 0 Å². The molecule has 5 nitrogen and oxygen atoms in total. The summed E-state index contributed by atoms with van der Waals surface area (Å²) in [6.07, 6.45) is 0. The van der Waals surface area contributed by atoms with Crippen molar-refractivity contribution in [1.29, 1.82) is 10.7 Å². The van der Waals surface area contributed by atoms with E-state index >= 15 is 0 Å². The van der Waals surface area contributed by atoms with Crippen LogP contribution >= 0.6 is 11.6 Å². The second-order valence-electron chi connectivity index (χ2n) is 6.41. The predicted octanol–water partition coefficient (Wildman–Crippen LogP) is 4.42. The molecular weight excluding hydrogens is 348 g/mol. The van der Waals surface area contributed by atoms with Crippen LogP contribution in [0.3, 0.4) is 0 Å². The normalized spacial score (nSPS) is 18.9. The van der Waals surface area contributed by atoms with E-state index in [2.05, 4.69) is 11.1 Å². The molecule has 6 heteroatoms. The van der Waals surface area contributed by atoms with Crippen molar-refractivity contribution >= 4 is 34.1 Å². The van der Waals surface area contributed by atoms with Crippen LogP contribution in [0, 0.1) is 29.6 Å². The quantitative estimate of drug-likeness (QED) is 0.494. The Morgan fingerprint density at radius 3 is 2.77 bits per heavy atom. The molecule has 3 N–H and O–H groups in total. The Bertz CT molecular complexity index is 1100. The number of benzene rings is 2. The number of nitrogens with two attached hydrogens (primary N) is 1. The van der Waals surface area contributed by atoms with Gasteiger partial charge < -0.3 is 10.5 Å². The molecule has 0 radical (unpaired) electrons. The Morgan fingerprint density at radius 1 is 1.19 bits per heavy atom. The molecule has 2 unspecified atom stereocenters. The smallest absolute Gasteiger partial charge is 0.205 e. The molecule has 0 bridgehead atoms. The van der Waals surface area contributed by atoms with E-state index in [1.54, 1.807) is 12.1 Å². The molecule has 1 aromatic heterocycles. The molecule has 0 saturated carbocycles. The Labute approximate surface area is 155 Å². The highest BCUT2D eigenvalue weighted by Crippen LogP contribution is 2.45. The number of nitriles is 1. The summed E-state index contributed by atoms with van der Waals surface area (Å²) in [6.45, 7) is 2.00. The number of hydrogen-bond acceptors (Lipinski definition) is 5.